The first-order valence-corrected chi connectivity index (χ1v) is 5.34. The molecule has 0 saturated carbocycles. The lowest BCUT2D eigenvalue weighted by Crippen LogP contribution is -2.30. The smallest absolute Gasteiger partial charge is 0.237 e. The topological polar surface area (TPSA) is 8.81 Å². The van der Waals surface area contributed by atoms with Gasteiger partial charge in [0.15, 0.2) is 0 Å². The molecule has 2 nitrogen and oxygen atoms in total. The van der Waals surface area contributed by atoms with Crippen molar-refractivity contribution < 1.29 is 4.57 Å². The van der Waals surface area contributed by atoms with E-state index in [4.69, 9.17) is 0 Å². The van der Waals surface area contributed by atoms with Crippen LogP contribution in [0.1, 0.15) is 46.1 Å². The van der Waals surface area contributed by atoms with Crippen molar-refractivity contribution in [3.8, 4) is 0 Å². The number of aryl methyl sites for hydroxylation is 1. The van der Waals surface area contributed by atoms with Gasteiger partial charge in [-0.3, -0.25) is 0 Å². The second kappa shape index (κ2) is 5.05. The molecule has 0 spiro atoms. The number of hydrogen-bond acceptors (Lipinski definition) is 0. The molecule has 0 aliphatic rings. The van der Waals surface area contributed by atoms with Gasteiger partial charge in [0, 0.05) is 0 Å². The number of nitrogens with zero attached hydrogens (tertiary/aromatic N) is 2. The van der Waals surface area contributed by atoms with Crippen molar-refractivity contribution in [3.05, 3.63) is 18.7 Å². The summed E-state index contributed by atoms with van der Waals surface area (Å²) in [6, 6.07) is 0.628. The summed E-state index contributed by atoms with van der Waals surface area (Å²) in [5, 5.41) is 0. The monoisotopic (exact) mass is 181 g/mol. The van der Waals surface area contributed by atoms with Gasteiger partial charge in [-0.2, -0.15) is 0 Å². The van der Waals surface area contributed by atoms with Crippen molar-refractivity contribution in [2.45, 2.75) is 52.6 Å². The molecule has 0 aliphatic carbocycles. The van der Waals surface area contributed by atoms with Gasteiger partial charge in [0.05, 0.1) is 12.6 Å². The van der Waals surface area contributed by atoms with E-state index in [1.54, 1.807) is 0 Å². The normalized spacial score (nSPS) is 13.2. The van der Waals surface area contributed by atoms with E-state index in [1.807, 2.05) is 0 Å². The lowest BCUT2D eigenvalue weighted by Gasteiger charge is -2.02. The molecule has 1 heterocycles. The molecule has 1 unspecified atom stereocenters. The fourth-order valence-corrected chi connectivity index (χ4v) is 1.36. The zero-order valence-electron chi connectivity index (χ0n) is 9.03. The van der Waals surface area contributed by atoms with Crippen molar-refractivity contribution in [2.75, 3.05) is 0 Å². The predicted octanol–water partition coefficient (Wildman–Crippen LogP) is 2.55. The van der Waals surface area contributed by atoms with E-state index in [9.17, 15) is 0 Å². The molecular formula is C11H21N2+. The molecule has 2 heteroatoms. The van der Waals surface area contributed by atoms with Gasteiger partial charge in [0.25, 0.3) is 0 Å². The Morgan fingerprint density at radius 3 is 2.77 bits per heavy atom. The molecular weight excluding hydrogens is 160 g/mol. The molecule has 1 aromatic heterocycles. The standard InChI is InChI=1S/C11H21N2/c1-4-6-7-12-8-9-13(10-12)11(3)5-2/h8-11H,4-7H2,1-3H3/q+1. The molecule has 1 atom stereocenters. The molecule has 13 heavy (non-hydrogen) atoms. The number of rotatable bonds is 5. The van der Waals surface area contributed by atoms with Gasteiger partial charge in [-0.15, -0.1) is 0 Å². The Hall–Kier alpha value is -0.790. The highest BCUT2D eigenvalue weighted by Gasteiger charge is 2.08. The minimum absolute atomic E-state index is 0.628. The molecule has 74 valence electrons. The summed E-state index contributed by atoms with van der Waals surface area (Å²) in [6.45, 7) is 7.86. The summed E-state index contributed by atoms with van der Waals surface area (Å²) < 4.78 is 4.56. The van der Waals surface area contributed by atoms with Crippen LogP contribution < -0.4 is 4.57 Å². The molecule has 0 saturated heterocycles. The quantitative estimate of drug-likeness (QED) is 0.617. The van der Waals surface area contributed by atoms with Crippen LogP contribution in [0.5, 0.6) is 0 Å². The van der Waals surface area contributed by atoms with Crippen LogP contribution >= 0.6 is 0 Å². The highest BCUT2D eigenvalue weighted by atomic mass is 15.1. The van der Waals surface area contributed by atoms with Crippen LogP contribution in [-0.2, 0) is 6.54 Å². The lowest BCUT2D eigenvalue weighted by molar-refractivity contribution is -0.697. The molecule has 0 amide bonds. The van der Waals surface area contributed by atoms with Crippen LogP contribution in [0, 0.1) is 0 Å². The van der Waals surface area contributed by atoms with Crippen molar-refractivity contribution in [1.29, 1.82) is 0 Å². The third-order valence-corrected chi connectivity index (χ3v) is 2.58. The first kappa shape index (κ1) is 10.3. The van der Waals surface area contributed by atoms with Crippen LogP contribution in [0.25, 0.3) is 0 Å². The van der Waals surface area contributed by atoms with Gasteiger partial charge in [0.2, 0.25) is 6.33 Å². The van der Waals surface area contributed by atoms with Crippen LogP contribution in [0.15, 0.2) is 18.7 Å². The second-order valence-electron chi connectivity index (χ2n) is 3.71. The molecule has 1 rings (SSSR count). The zero-order chi connectivity index (χ0) is 9.68. The van der Waals surface area contributed by atoms with Gasteiger partial charge in [0.1, 0.15) is 12.4 Å². The average Bonchev–Trinajstić information content (AvgIpc) is 2.62. The Morgan fingerprint density at radius 1 is 1.38 bits per heavy atom. The second-order valence-corrected chi connectivity index (χ2v) is 3.71. The Balaban J connectivity index is 2.53. The van der Waals surface area contributed by atoms with E-state index >= 15 is 0 Å². The molecule has 0 N–H and O–H groups in total. The average molecular weight is 181 g/mol. The summed E-state index contributed by atoms with van der Waals surface area (Å²) in [6.07, 6.45) is 10.3. The van der Waals surface area contributed by atoms with Gasteiger partial charge in [-0.25, -0.2) is 9.13 Å². The van der Waals surface area contributed by atoms with Gasteiger partial charge >= 0.3 is 0 Å². The van der Waals surface area contributed by atoms with E-state index in [0.29, 0.717) is 6.04 Å². The highest BCUT2D eigenvalue weighted by molar-refractivity contribution is 4.71. The van der Waals surface area contributed by atoms with Crippen LogP contribution in [-0.4, -0.2) is 4.57 Å². The van der Waals surface area contributed by atoms with Crippen LogP contribution in [0.4, 0.5) is 0 Å². The third-order valence-electron chi connectivity index (χ3n) is 2.58. The largest absolute Gasteiger partial charge is 0.243 e. The number of imidazole rings is 1. The van der Waals surface area contributed by atoms with E-state index in [1.165, 1.54) is 19.3 Å². The number of aromatic nitrogens is 2. The minimum atomic E-state index is 0.628. The van der Waals surface area contributed by atoms with E-state index in [0.717, 1.165) is 6.54 Å². The van der Waals surface area contributed by atoms with Crippen molar-refractivity contribution >= 4 is 0 Å². The molecule has 0 radical (unpaired) electrons. The minimum Gasteiger partial charge on any atom is -0.237 e. The fraction of sp³-hybridized carbons (Fsp3) is 0.727. The molecule has 0 fully saturated rings. The Kier molecular flexibility index (Phi) is 4.00. The van der Waals surface area contributed by atoms with E-state index < -0.39 is 0 Å². The van der Waals surface area contributed by atoms with Crippen LogP contribution in [0.3, 0.4) is 0 Å². The Labute approximate surface area is 81.2 Å². The number of unbranched alkanes of at least 4 members (excludes halogenated alkanes) is 1. The SMILES string of the molecule is CCCC[n+]1ccn(C(C)CC)c1. The van der Waals surface area contributed by atoms with E-state index in [2.05, 4.69) is 48.6 Å². The Morgan fingerprint density at radius 2 is 2.15 bits per heavy atom. The van der Waals surface area contributed by atoms with E-state index in [-0.39, 0.29) is 0 Å². The first-order valence-electron chi connectivity index (χ1n) is 5.34. The summed E-state index contributed by atoms with van der Waals surface area (Å²) >= 11 is 0. The molecule has 1 aromatic rings. The summed E-state index contributed by atoms with van der Waals surface area (Å²) in [4.78, 5) is 0. The maximum Gasteiger partial charge on any atom is 0.243 e. The van der Waals surface area contributed by atoms with Crippen molar-refractivity contribution in [1.82, 2.24) is 4.57 Å². The predicted molar refractivity (Wildman–Crippen MR) is 54.5 cm³/mol. The van der Waals surface area contributed by atoms with Gasteiger partial charge in [-0.1, -0.05) is 20.3 Å². The lowest BCUT2D eigenvalue weighted by atomic mass is 10.3. The summed E-state index contributed by atoms with van der Waals surface area (Å²) in [5.74, 6) is 0. The van der Waals surface area contributed by atoms with Crippen LogP contribution in [0.2, 0.25) is 0 Å². The maximum atomic E-state index is 2.29. The zero-order valence-corrected chi connectivity index (χ0v) is 9.03. The summed E-state index contributed by atoms with van der Waals surface area (Å²) in [5.41, 5.74) is 0. The first-order chi connectivity index (χ1) is 6.27. The number of hydrogen-bond donors (Lipinski definition) is 0. The molecule has 0 aliphatic heterocycles. The molecule has 0 aromatic carbocycles. The maximum absolute atomic E-state index is 2.29. The Bertz CT molecular complexity index is 240. The van der Waals surface area contributed by atoms with Gasteiger partial charge in [-0.05, 0) is 19.8 Å². The van der Waals surface area contributed by atoms with Crippen molar-refractivity contribution in [3.63, 3.8) is 0 Å². The molecule has 0 bridgehead atoms. The van der Waals surface area contributed by atoms with Gasteiger partial charge < -0.3 is 0 Å². The summed E-state index contributed by atoms with van der Waals surface area (Å²) in [7, 11) is 0. The van der Waals surface area contributed by atoms with Crippen molar-refractivity contribution in [2.24, 2.45) is 0 Å². The third kappa shape index (κ3) is 2.87. The fourth-order valence-electron chi connectivity index (χ4n) is 1.36. The highest BCUT2D eigenvalue weighted by Crippen LogP contribution is 2.07.